The molecular weight excluding hydrogens is 267 g/mol. The lowest BCUT2D eigenvalue weighted by atomic mass is 10.1. The van der Waals surface area contributed by atoms with E-state index in [1.807, 2.05) is 0 Å². The van der Waals surface area contributed by atoms with Crippen LogP contribution in [0.2, 0.25) is 0 Å². The third-order valence-corrected chi connectivity index (χ3v) is 3.39. The maximum atomic E-state index is 12.9. The van der Waals surface area contributed by atoms with Gasteiger partial charge in [-0.2, -0.15) is 0 Å². The Bertz CT molecular complexity index is 564. The van der Waals surface area contributed by atoms with Gasteiger partial charge in [0.15, 0.2) is 11.5 Å². The SMILES string of the molecule is CCCCCCOc1cc(-c2ccc(F)cc2)ccc1O. The minimum atomic E-state index is -0.259. The first kappa shape index (κ1) is 15.4. The van der Waals surface area contributed by atoms with Crippen LogP contribution in [0.15, 0.2) is 42.5 Å². The smallest absolute Gasteiger partial charge is 0.161 e. The topological polar surface area (TPSA) is 29.5 Å². The molecule has 0 saturated heterocycles. The third kappa shape index (κ3) is 4.48. The number of phenols is 1. The van der Waals surface area contributed by atoms with Crippen molar-refractivity contribution in [1.82, 2.24) is 0 Å². The normalized spacial score (nSPS) is 10.6. The maximum Gasteiger partial charge on any atom is 0.161 e. The lowest BCUT2D eigenvalue weighted by Crippen LogP contribution is -1.97. The molecule has 0 spiro atoms. The van der Waals surface area contributed by atoms with Gasteiger partial charge in [-0.25, -0.2) is 4.39 Å². The van der Waals surface area contributed by atoms with Gasteiger partial charge >= 0.3 is 0 Å². The van der Waals surface area contributed by atoms with Gasteiger partial charge in [0, 0.05) is 0 Å². The summed E-state index contributed by atoms with van der Waals surface area (Å²) < 4.78 is 18.6. The number of aromatic hydroxyl groups is 1. The van der Waals surface area contributed by atoms with Crippen molar-refractivity contribution in [1.29, 1.82) is 0 Å². The highest BCUT2D eigenvalue weighted by atomic mass is 19.1. The molecule has 2 nitrogen and oxygen atoms in total. The molecule has 2 aromatic carbocycles. The fourth-order valence-electron chi connectivity index (χ4n) is 2.16. The van der Waals surface area contributed by atoms with E-state index in [9.17, 15) is 9.50 Å². The number of hydrogen-bond acceptors (Lipinski definition) is 2. The van der Waals surface area contributed by atoms with Gasteiger partial charge in [0.1, 0.15) is 5.82 Å². The minimum Gasteiger partial charge on any atom is -0.504 e. The van der Waals surface area contributed by atoms with Gasteiger partial charge in [0.2, 0.25) is 0 Å². The Morgan fingerprint density at radius 3 is 2.38 bits per heavy atom. The molecule has 0 atom stereocenters. The van der Waals surface area contributed by atoms with Crippen molar-refractivity contribution in [3.8, 4) is 22.6 Å². The Kier molecular flexibility index (Phi) is 5.61. The number of unbranched alkanes of at least 4 members (excludes halogenated alkanes) is 3. The van der Waals surface area contributed by atoms with Crippen molar-refractivity contribution in [2.45, 2.75) is 32.6 Å². The van der Waals surface area contributed by atoms with Gasteiger partial charge in [-0.1, -0.05) is 44.4 Å². The zero-order valence-corrected chi connectivity index (χ0v) is 12.3. The van der Waals surface area contributed by atoms with Crippen molar-refractivity contribution in [3.05, 3.63) is 48.3 Å². The number of halogens is 1. The predicted octanol–water partition coefficient (Wildman–Crippen LogP) is 5.16. The van der Waals surface area contributed by atoms with Crippen LogP contribution in [0.3, 0.4) is 0 Å². The standard InChI is InChI=1S/C18H21FO2/c1-2-3-4-5-12-21-18-13-15(8-11-17(18)20)14-6-9-16(19)10-7-14/h6-11,13,20H,2-5,12H2,1H3. The Morgan fingerprint density at radius 1 is 0.952 bits per heavy atom. The second-order valence-corrected chi connectivity index (χ2v) is 5.10. The summed E-state index contributed by atoms with van der Waals surface area (Å²) in [5.74, 6) is 0.356. The summed E-state index contributed by atoms with van der Waals surface area (Å²) >= 11 is 0. The Balaban J connectivity index is 2.04. The van der Waals surface area contributed by atoms with E-state index in [2.05, 4.69) is 6.92 Å². The summed E-state index contributed by atoms with van der Waals surface area (Å²) in [5, 5.41) is 9.84. The molecule has 0 aliphatic rings. The van der Waals surface area contributed by atoms with Crippen LogP contribution in [0.25, 0.3) is 11.1 Å². The molecule has 0 aromatic heterocycles. The van der Waals surface area contributed by atoms with Crippen LogP contribution in [-0.4, -0.2) is 11.7 Å². The van der Waals surface area contributed by atoms with Crippen LogP contribution in [0, 0.1) is 5.82 Å². The molecule has 0 aliphatic carbocycles. The molecule has 0 unspecified atom stereocenters. The molecule has 0 fully saturated rings. The monoisotopic (exact) mass is 288 g/mol. The van der Waals surface area contributed by atoms with Gasteiger partial charge in [-0.15, -0.1) is 0 Å². The quantitative estimate of drug-likeness (QED) is 0.713. The highest BCUT2D eigenvalue weighted by Crippen LogP contribution is 2.32. The summed E-state index contributed by atoms with van der Waals surface area (Å²) in [6.45, 7) is 2.76. The van der Waals surface area contributed by atoms with Crippen LogP contribution in [0.5, 0.6) is 11.5 Å². The lowest BCUT2D eigenvalue weighted by molar-refractivity contribution is 0.289. The molecule has 2 aromatic rings. The van der Waals surface area contributed by atoms with E-state index in [1.54, 1.807) is 30.3 Å². The first-order chi connectivity index (χ1) is 10.2. The van der Waals surface area contributed by atoms with E-state index in [1.165, 1.54) is 25.0 Å². The van der Waals surface area contributed by atoms with Gasteiger partial charge in [-0.3, -0.25) is 0 Å². The average molecular weight is 288 g/mol. The van der Waals surface area contributed by atoms with E-state index in [0.29, 0.717) is 12.4 Å². The largest absolute Gasteiger partial charge is 0.504 e. The maximum absolute atomic E-state index is 12.9. The Labute approximate surface area is 125 Å². The molecule has 0 aliphatic heterocycles. The summed E-state index contributed by atoms with van der Waals surface area (Å²) in [5.41, 5.74) is 1.79. The number of benzene rings is 2. The van der Waals surface area contributed by atoms with Crippen LogP contribution in [0.1, 0.15) is 32.6 Å². The number of ether oxygens (including phenoxy) is 1. The molecule has 0 radical (unpaired) electrons. The van der Waals surface area contributed by atoms with Crippen LogP contribution >= 0.6 is 0 Å². The van der Waals surface area contributed by atoms with Crippen molar-refractivity contribution in [2.75, 3.05) is 6.61 Å². The molecular formula is C18H21FO2. The zero-order chi connectivity index (χ0) is 15.1. The van der Waals surface area contributed by atoms with Crippen LogP contribution in [-0.2, 0) is 0 Å². The minimum absolute atomic E-state index is 0.136. The first-order valence-corrected chi connectivity index (χ1v) is 7.42. The predicted molar refractivity (Wildman–Crippen MR) is 83.1 cm³/mol. The second-order valence-electron chi connectivity index (χ2n) is 5.10. The van der Waals surface area contributed by atoms with Crippen molar-refractivity contribution < 1.29 is 14.2 Å². The highest BCUT2D eigenvalue weighted by Gasteiger charge is 2.06. The molecule has 0 heterocycles. The number of phenolic OH excluding ortho intramolecular Hbond substituents is 1. The first-order valence-electron chi connectivity index (χ1n) is 7.42. The van der Waals surface area contributed by atoms with Crippen LogP contribution in [0.4, 0.5) is 4.39 Å². The Hall–Kier alpha value is -2.03. The van der Waals surface area contributed by atoms with Crippen molar-refractivity contribution in [2.24, 2.45) is 0 Å². The van der Waals surface area contributed by atoms with E-state index in [0.717, 1.165) is 24.0 Å². The highest BCUT2D eigenvalue weighted by molar-refractivity contribution is 5.66. The van der Waals surface area contributed by atoms with Crippen molar-refractivity contribution >= 4 is 0 Å². The molecule has 0 bridgehead atoms. The summed E-state index contributed by atoms with van der Waals surface area (Å²) in [4.78, 5) is 0. The van der Waals surface area contributed by atoms with Gasteiger partial charge in [0.25, 0.3) is 0 Å². The van der Waals surface area contributed by atoms with Gasteiger partial charge in [-0.05, 0) is 41.8 Å². The molecule has 1 N–H and O–H groups in total. The zero-order valence-electron chi connectivity index (χ0n) is 12.3. The lowest BCUT2D eigenvalue weighted by Gasteiger charge is -2.10. The molecule has 0 amide bonds. The fourth-order valence-corrected chi connectivity index (χ4v) is 2.16. The van der Waals surface area contributed by atoms with Gasteiger partial charge < -0.3 is 9.84 Å². The molecule has 3 heteroatoms. The van der Waals surface area contributed by atoms with Crippen molar-refractivity contribution in [3.63, 3.8) is 0 Å². The molecule has 112 valence electrons. The molecule has 2 rings (SSSR count). The van der Waals surface area contributed by atoms with E-state index in [-0.39, 0.29) is 11.6 Å². The second kappa shape index (κ2) is 7.67. The van der Waals surface area contributed by atoms with Crippen LogP contribution < -0.4 is 4.74 Å². The van der Waals surface area contributed by atoms with Gasteiger partial charge in [0.05, 0.1) is 6.61 Å². The summed E-state index contributed by atoms with van der Waals surface area (Å²) in [6, 6.07) is 11.5. The summed E-state index contributed by atoms with van der Waals surface area (Å²) in [7, 11) is 0. The average Bonchev–Trinajstić information content (AvgIpc) is 2.50. The summed E-state index contributed by atoms with van der Waals surface area (Å²) in [6.07, 6.45) is 4.50. The Morgan fingerprint density at radius 2 is 1.67 bits per heavy atom. The fraction of sp³-hybridized carbons (Fsp3) is 0.333. The van der Waals surface area contributed by atoms with E-state index >= 15 is 0 Å². The number of rotatable bonds is 7. The molecule has 21 heavy (non-hydrogen) atoms. The number of hydrogen-bond donors (Lipinski definition) is 1. The molecule has 0 saturated carbocycles. The third-order valence-electron chi connectivity index (χ3n) is 3.39. The van der Waals surface area contributed by atoms with E-state index in [4.69, 9.17) is 4.74 Å². The van der Waals surface area contributed by atoms with E-state index < -0.39 is 0 Å².